The Bertz CT molecular complexity index is 1170. The van der Waals surface area contributed by atoms with Crippen LogP contribution in [0.3, 0.4) is 0 Å². The Kier molecular flexibility index (Phi) is 4.42. The number of para-hydroxylation sites is 3. The van der Waals surface area contributed by atoms with Gasteiger partial charge in [-0.25, -0.2) is 9.97 Å². The van der Waals surface area contributed by atoms with Crippen LogP contribution < -0.4 is 5.32 Å². The highest BCUT2D eigenvalue weighted by molar-refractivity contribution is 6.06. The number of nitrogens with one attached hydrogen (secondary N) is 1. The van der Waals surface area contributed by atoms with Gasteiger partial charge in [0.05, 0.1) is 23.0 Å². The van der Waals surface area contributed by atoms with E-state index in [0.717, 1.165) is 33.1 Å². The van der Waals surface area contributed by atoms with Gasteiger partial charge >= 0.3 is 5.97 Å². The first-order chi connectivity index (χ1) is 13.1. The molecule has 0 aliphatic carbocycles. The first-order valence-corrected chi connectivity index (χ1v) is 8.76. The van der Waals surface area contributed by atoms with Gasteiger partial charge in [-0.1, -0.05) is 30.3 Å². The highest BCUT2D eigenvalue weighted by Gasteiger charge is 2.15. The quantitative estimate of drug-likeness (QED) is 0.550. The number of amides is 1. The van der Waals surface area contributed by atoms with E-state index in [1.54, 1.807) is 0 Å². The molecule has 1 amide bonds. The van der Waals surface area contributed by atoms with Gasteiger partial charge in [0, 0.05) is 24.9 Å². The Morgan fingerprint density at radius 2 is 1.67 bits per heavy atom. The molecule has 4 rings (SSSR count). The standard InChI is InChI=1S/C20H18N4O3/c25-17(21-11-9-18(26)27)10-12-24-16-8-4-1-5-13(16)19-20(24)23-15-7-3-2-6-14(15)22-19/h1-8H,9-12H2,(H,21,25)(H,26,27). The van der Waals surface area contributed by atoms with Crippen LogP contribution in [0.25, 0.3) is 33.1 Å². The van der Waals surface area contributed by atoms with E-state index in [1.807, 2.05) is 53.1 Å². The van der Waals surface area contributed by atoms with E-state index < -0.39 is 5.97 Å². The lowest BCUT2D eigenvalue weighted by atomic mass is 10.2. The molecule has 136 valence electrons. The average molecular weight is 362 g/mol. The summed E-state index contributed by atoms with van der Waals surface area (Å²) in [6.45, 7) is 0.571. The SMILES string of the molecule is O=C(O)CCNC(=O)CCn1c2ccccc2c2nc3ccccc3nc21. The van der Waals surface area contributed by atoms with Crippen molar-refractivity contribution in [3.63, 3.8) is 0 Å². The zero-order valence-corrected chi connectivity index (χ0v) is 14.6. The third kappa shape index (κ3) is 3.31. The van der Waals surface area contributed by atoms with Crippen molar-refractivity contribution in [2.45, 2.75) is 19.4 Å². The van der Waals surface area contributed by atoms with Crippen molar-refractivity contribution in [2.75, 3.05) is 6.54 Å². The van der Waals surface area contributed by atoms with Crippen molar-refractivity contribution in [2.24, 2.45) is 0 Å². The summed E-state index contributed by atoms with van der Waals surface area (Å²) in [4.78, 5) is 32.1. The average Bonchev–Trinajstić information content (AvgIpc) is 2.97. The minimum atomic E-state index is -0.931. The molecule has 7 heteroatoms. The molecule has 0 radical (unpaired) electrons. The van der Waals surface area contributed by atoms with E-state index in [-0.39, 0.29) is 25.3 Å². The van der Waals surface area contributed by atoms with Crippen molar-refractivity contribution in [3.8, 4) is 0 Å². The predicted molar refractivity (Wildman–Crippen MR) is 102 cm³/mol. The zero-order valence-electron chi connectivity index (χ0n) is 14.6. The number of carboxylic acid groups (broad SMARTS) is 1. The van der Waals surface area contributed by atoms with Crippen LogP contribution in [0.15, 0.2) is 48.5 Å². The molecule has 0 fully saturated rings. The molecular weight excluding hydrogens is 344 g/mol. The maximum atomic E-state index is 12.1. The van der Waals surface area contributed by atoms with Crippen LogP contribution in [0, 0.1) is 0 Å². The van der Waals surface area contributed by atoms with Crippen molar-refractivity contribution in [1.82, 2.24) is 19.9 Å². The molecule has 0 saturated carbocycles. The number of benzene rings is 2. The second kappa shape index (κ2) is 7.03. The Hall–Kier alpha value is -3.48. The number of carbonyl (C=O) groups excluding carboxylic acids is 1. The molecule has 0 atom stereocenters. The van der Waals surface area contributed by atoms with E-state index in [4.69, 9.17) is 15.1 Å². The van der Waals surface area contributed by atoms with Crippen molar-refractivity contribution in [3.05, 3.63) is 48.5 Å². The summed E-state index contributed by atoms with van der Waals surface area (Å²) in [6, 6.07) is 15.6. The number of rotatable bonds is 6. The number of nitrogens with zero attached hydrogens (tertiary/aromatic N) is 3. The number of hydrogen-bond donors (Lipinski definition) is 2. The number of aryl methyl sites for hydroxylation is 1. The van der Waals surface area contributed by atoms with Crippen molar-refractivity contribution < 1.29 is 14.7 Å². The summed E-state index contributed by atoms with van der Waals surface area (Å²) in [5, 5.41) is 12.3. The lowest BCUT2D eigenvalue weighted by Crippen LogP contribution is -2.26. The smallest absolute Gasteiger partial charge is 0.305 e. The van der Waals surface area contributed by atoms with Gasteiger partial charge in [0.1, 0.15) is 5.52 Å². The summed E-state index contributed by atoms with van der Waals surface area (Å²) in [5.74, 6) is -1.12. The van der Waals surface area contributed by atoms with Crippen LogP contribution in [0.2, 0.25) is 0 Å². The number of aliphatic carboxylic acids is 1. The molecule has 0 saturated heterocycles. The highest BCUT2D eigenvalue weighted by Crippen LogP contribution is 2.28. The Balaban J connectivity index is 1.69. The minimum Gasteiger partial charge on any atom is -0.481 e. The lowest BCUT2D eigenvalue weighted by Gasteiger charge is -2.07. The first-order valence-electron chi connectivity index (χ1n) is 8.76. The van der Waals surface area contributed by atoms with Crippen LogP contribution in [0.4, 0.5) is 0 Å². The van der Waals surface area contributed by atoms with Gasteiger partial charge < -0.3 is 15.0 Å². The van der Waals surface area contributed by atoms with Crippen molar-refractivity contribution in [1.29, 1.82) is 0 Å². The maximum absolute atomic E-state index is 12.1. The zero-order chi connectivity index (χ0) is 18.8. The molecular formula is C20H18N4O3. The summed E-state index contributed by atoms with van der Waals surface area (Å²) in [5.41, 5.74) is 4.17. The fourth-order valence-electron chi connectivity index (χ4n) is 3.22. The van der Waals surface area contributed by atoms with Crippen LogP contribution in [-0.2, 0) is 16.1 Å². The summed E-state index contributed by atoms with van der Waals surface area (Å²) in [7, 11) is 0. The Labute approximate surface area is 154 Å². The van der Waals surface area contributed by atoms with Gasteiger partial charge in [0.15, 0.2) is 5.65 Å². The molecule has 0 aliphatic rings. The van der Waals surface area contributed by atoms with Gasteiger partial charge in [0.25, 0.3) is 0 Å². The molecule has 7 nitrogen and oxygen atoms in total. The number of carboxylic acids is 1. The van der Waals surface area contributed by atoms with E-state index in [0.29, 0.717) is 6.54 Å². The summed E-state index contributed by atoms with van der Waals surface area (Å²) in [6.07, 6.45) is 0.153. The molecule has 27 heavy (non-hydrogen) atoms. The molecule has 0 spiro atoms. The first kappa shape index (κ1) is 17.0. The molecule has 2 N–H and O–H groups in total. The van der Waals surface area contributed by atoms with E-state index in [2.05, 4.69) is 5.32 Å². The minimum absolute atomic E-state index is 0.0847. The van der Waals surface area contributed by atoms with Gasteiger partial charge in [-0.2, -0.15) is 0 Å². The molecule has 2 heterocycles. The highest BCUT2D eigenvalue weighted by atomic mass is 16.4. The predicted octanol–water partition coefficient (Wildman–Crippen LogP) is 2.72. The van der Waals surface area contributed by atoms with E-state index in [9.17, 15) is 9.59 Å². The molecule has 2 aromatic heterocycles. The normalized spacial score (nSPS) is 11.3. The number of fused-ring (bicyclic) bond motifs is 4. The van der Waals surface area contributed by atoms with Gasteiger partial charge in [-0.15, -0.1) is 0 Å². The fourth-order valence-corrected chi connectivity index (χ4v) is 3.22. The largest absolute Gasteiger partial charge is 0.481 e. The Morgan fingerprint density at radius 1 is 0.963 bits per heavy atom. The van der Waals surface area contributed by atoms with Crippen LogP contribution in [-0.4, -0.2) is 38.1 Å². The number of aromatic nitrogens is 3. The summed E-state index contributed by atoms with van der Waals surface area (Å²) < 4.78 is 2.00. The third-order valence-electron chi connectivity index (χ3n) is 4.48. The second-order valence-electron chi connectivity index (χ2n) is 6.30. The van der Waals surface area contributed by atoms with Gasteiger partial charge in [-0.05, 0) is 18.2 Å². The van der Waals surface area contributed by atoms with Gasteiger partial charge in [-0.3, -0.25) is 9.59 Å². The maximum Gasteiger partial charge on any atom is 0.305 e. The van der Waals surface area contributed by atoms with E-state index in [1.165, 1.54) is 0 Å². The van der Waals surface area contributed by atoms with Crippen molar-refractivity contribution >= 4 is 45.0 Å². The molecule has 0 unspecified atom stereocenters. The van der Waals surface area contributed by atoms with Crippen LogP contribution in [0.5, 0.6) is 0 Å². The van der Waals surface area contributed by atoms with Crippen LogP contribution in [0.1, 0.15) is 12.8 Å². The van der Waals surface area contributed by atoms with E-state index >= 15 is 0 Å². The van der Waals surface area contributed by atoms with Crippen LogP contribution >= 0.6 is 0 Å². The monoisotopic (exact) mass is 362 g/mol. The lowest BCUT2D eigenvalue weighted by molar-refractivity contribution is -0.136. The molecule has 2 aromatic carbocycles. The van der Waals surface area contributed by atoms with Gasteiger partial charge in [0.2, 0.25) is 5.91 Å². The Morgan fingerprint density at radius 3 is 2.44 bits per heavy atom. The molecule has 0 aliphatic heterocycles. The molecule has 4 aromatic rings. The number of hydrogen-bond acceptors (Lipinski definition) is 4. The fraction of sp³-hybridized carbons (Fsp3) is 0.200. The molecule has 0 bridgehead atoms. The topological polar surface area (TPSA) is 97.1 Å². The number of carbonyl (C=O) groups is 2. The second-order valence-corrected chi connectivity index (χ2v) is 6.30. The third-order valence-corrected chi connectivity index (χ3v) is 4.48. The summed E-state index contributed by atoms with van der Waals surface area (Å²) >= 11 is 0.